The predicted molar refractivity (Wildman–Crippen MR) is 64.5 cm³/mol. The Morgan fingerprint density at radius 3 is 2.69 bits per heavy atom. The molecule has 1 aromatic rings. The average Bonchev–Trinajstić information content (AvgIpc) is 2.49. The Bertz CT molecular complexity index is 303. The number of hydrogen-bond acceptors (Lipinski definition) is 0. The van der Waals surface area contributed by atoms with Crippen LogP contribution in [0.3, 0.4) is 0 Å². The summed E-state index contributed by atoms with van der Waals surface area (Å²) >= 11 is 0. The van der Waals surface area contributed by atoms with Gasteiger partial charge in [0.2, 0.25) is 0 Å². The zero-order valence-corrected chi connectivity index (χ0v) is 9.54. The maximum atomic E-state index is 2.26. The molecule has 0 amide bonds. The van der Waals surface area contributed by atoms with Crippen LogP contribution in [0.4, 0.5) is 0 Å². The van der Waals surface area contributed by atoms with E-state index in [9.17, 15) is 0 Å². The van der Waals surface area contributed by atoms with Gasteiger partial charge in [0.25, 0.3) is 0 Å². The summed E-state index contributed by atoms with van der Waals surface area (Å²) in [6, 6.07) is 2.21. The summed E-state index contributed by atoms with van der Waals surface area (Å²) in [4.78, 5) is 0. The second-order valence-electron chi connectivity index (χ2n) is 3.45. The molecule has 0 aliphatic carbocycles. The third-order valence-electron chi connectivity index (χ3n) is 1.81. The molecule has 0 saturated carbocycles. The first-order valence-corrected chi connectivity index (χ1v) is 5.80. The molecule has 70 valence electrons. The van der Waals surface area contributed by atoms with Crippen molar-refractivity contribution in [3.8, 4) is 0 Å². The number of rotatable bonds is 3. The van der Waals surface area contributed by atoms with Gasteiger partial charge < -0.3 is 0 Å². The van der Waals surface area contributed by atoms with Crippen LogP contribution >= 0.6 is 8.19 Å². The largest absolute Gasteiger partial charge is 0.132 e. The van der Waals surface area contributed by atoms with Crippen molar-refractivity contribution < 1.29 is 0 Å². The Balaban J connectivity index is 2.82. The SMILES string of the molecule is C/C=C\c1cc[pH]c1/C=C\C(C)C. The molecule has 1 heterocycles. The van der Waals surface area contributed by atoms with Crippen molar-refractivity contribution in [3.05, 3.63) is 34.9 Å². The minimum atomic E-state index is 0.643. The predicted octanol–water partition coefficient (Wildman–Crippen LogP) is 4.42. The van der Waals surface area contributed by atoms with Gasteiger partial charge in [-0.25, -0.2) is 0 Å². The number of allylic oxidation sites excluding steroid dienone is 2. The highest BCUT2D eigenvalue weighted by Gasteiger charge is 1.95. The summed E-state index contributed by atoms with van der Waals surface area (Å²) in [6.07, 6.45) is 8.80. The van der Waals surface area contributed by atoms with Gasteiger partial charge in [-0.1, -0.05) is 44.2 Å². The van der Waals surface area contributed by atoms with Crippen LogP contribution in [0.2, 0.25) is 0 Å². The zero-order valence-electron chi connectivity index (χ0n) is 8.54. The van der Waals surface area contributed by atoms with Crippen LogP contribution in [0.25, 0.3) is 12.2 Å². The molecule has 0 fully saturated rings. The van der Waals surface area contributed by atoms with E-state index in [0.717, 1.165) is 8.19 Å². The van der Waals surface area contributed by atoms with Crippen molar-refractivity contribution in [2.24, 2.45) is 5.92 Å². The summed E-state index contributed by atoms with van der Waals surface area (Å²) < 4.78 is 0. The molecular formula is C12H17P. The van der Waals surface area contributed by atoms with E-state index in [4.69, 9.17) is 0 Å². The van der Waals surface area contributed by atoms with Crippen molar-refractivity contribution in [1.82, 2.24) is 0 Å². The first kappa shape index (κ1) is 10.3. The minimum Gasteiger partial charge on any atom is -0.132 e. The standard InChI is InChI=1S/C12H17P/c1-4-5-11-8-9-13-12(11)7-6-10(2)3/h4-10,13H,1-3H3/b5-4-,7-6-. The van der Waals surface area contributed by atoms with Gasteiger partial charge in [-0.15, -0.1) is 8.19 Å². The Morgan fingerprint density at radius 1 is 1.31 bits per heavy atom. The van der Waals surface area contributed by atoms with E-state index < -0.39 is 0 Å². The van der Waals surface area contributed by atoms with E-state index in [0.29, 0.717) is 5.92 Å². The zero-order chi connectivity index (χ0) is 9.68. The van der Waals surface area contributed by atoms with E-state index >= 15 is 0 Å². The van der Waals surface area contributed by atoms with Crippen molar-refractivity contribution in [2.45, 2.75) is 20.8 Å². The molecule has 13 heavy (non-hydrogen) atoms. The fourth-order valence-corrected chi connectivity index (χ4v) is 2.12. The van der Waals surface area contributed by atoms with Crippen molar-refractivity contribution >= 4 is 20.3 Å². The second kappa shape index (κ2) is 5.09. The molecule has 0 radical (unpaired) electrons. The molecule has 0 aliphatic rings. The lowest BCUT2D eigenvalue weighted by Gasteiger charge is -1.95. The van der Waals surface area contributed by atoms with Gasteiger partial charge >= 0.3 is 0 Å². The summed E-state index contributed by atoms with van der Waals surface area (Å²) in [5.41, 5.74) is 1.37. The molecule has 1 heteroatoms. The second-order valence-corrected chi connectivity index (χ2v) is 4.61. The highest BCUT2D eigenvalue weighted by Crippen LogP contribution is 2.24. The van der Waals surface area contributed by atoms with Crippen molar-refractivity contribution in [3.63, 3.8) is 0 Å². The monoisotopic (exact) mass is 192 g/mol. The Kier molecular flexibility index (Phi) is 4.05. The number of hydrogen-bond donors (Lipinski definition) is 0. The Hall–Kier alpha value is -0.740. The average molecular weight is 192 g/mol. The Labute approximate surface area is 82.5 Å². The molecule has 1 unspecified atom stereocenters. The third-order valence-corrected chi connectivity index (χ3v) is 2.91. The third kappa shape index (κ3) is 3.24. The summed E-state index contributed by atoms with van der Waals surface area (Å²) in [5, 5.41) is 1.46. The smallest absolute Gasteiger partial charge is 0.00215 e. The molecule has 0 nitrogen and oxygen atoms in total. The van der Waals surface area contributed by atoms with Gasteiger partial charge in [0, 0.05) is 0 Å². The van der Waals surface area contributed by atoms with Gasteiger partial charge in [0.15, 0.2) is 0 Å². The van der Waals surface area contributed by atoms with Crippen LogP contribution in [0.1, 0.15) is 31.6 Å². The summed E-state index contributed by atoms with van der Waals surface area (Å²) in [5.74, 6) is 2.89. The minimum absolute atomic E-state index is 0.643. The fraction of sp³-hybridized carbons (Fsp3) is 0.333. The van der Waals surface area contributed by atoms with Gasteiger partial charge in [-0.05, 0) is 29.5 Å². The molecule has 0 N–H and O–H groups in total. The topological polar surface area (TPSA) is 0 Å². The van der Waals surface area contributed by atoms with Crippen LogP contribution in [-0.4, -0.2) is 0 Å². The first-order chi connectivity index (χ1) is 6.24. The van der Waals surface area contributed by atoms with Crippen LogP contribution in [-0.2, 0) is 0 Å². The van der Waals surface area contributed by atoms with Crippen molar-refractivity contribution in [1.29, 1.82) is 0 Å². The summed E-state index contributed by atoms with van der Waals surface area (Å²) in [7, 11) is 0.850. The van der Waals surface area contributed by atoms with Crippen LogP contribution in [0.15, 0.2) is 24.0 Å². The van der Waals surface area contributed by atoms with Gasteiger partial charge in [-0.2, -0.15) is 0 Å². The van der Waals surface area contributed by atoms with Crippen molar-refractivity contribution in [2.75, 3.05) is 0 Å². The molecule has 0 bridgehead atoms. The first-order valence-electron chi connectivity index (χ1n) is 4.72. The van der Waals surface area contributed by atoms with E-state index in [2.05, 4.69) is 56.9 Å². The Morgan fingerprint density at radius 2 is 2.08 bits per heavy atom. The molecule has 0 aromatic carbocycles. The highest BCUT2D eigenvalue weighted by molar-refractivity contribution is 7.31. The molecule has 0 aliphatic heterocycles. The van der Waals surface area contributed by atoms with E-state index in [1.54, 1.807) is 0 Å². The van der Waals surface area contributed by atoms with E-state index in [-0.39, 0.29) is 0 Å². The van der Waals surface area contributed by atoms with E-state index in [1.165, 1.54) is 10.9 Å². The lowest BCUT2D eigenvalue weighted by molar-refractivity contribution is 0.836. The lowest BCUT2D eigenvalue weighted by Crippen LogP contribution is -1.76. The van der Waals surface area contributed by atoms with E-state index in [1.807, 2.05) is 0 Å². The maximum absolute atomic E-state index is 2.26. The maximum Gasteiger partial charge on any atom is -0.00215 e. The highest BCUT2D eigenvalue weighted by atomic mass is 31.0. The molecule has 1 rings (SSSR count). The fourth-order valence-electron chi connectivity index (χ4n) is 1.15. The normalized spacial score (nSPS) is 12.9. The molecular weight excluding hydrogens is 175 g/mol. The van der Waals surface area contributed by atoms with Gasteiger partial charge in [0.05, 0.1) is 0 Å². The van der Waals surface area contributed by atoms with Gasteiger partial charge in [0.1, 0.15) is 0 Å². The quantitative estimate of drug-likeness (QED) is 0.665. The van der Waals surface area contributed by atoms with Crippen LogP contribution in [0.5, 0.6) is 0 Å². The van der Waals surface area contributed by atoms with Crippen LogP contribution in [0, 0.1) is 5.92 Å². The van der Waals surface area contributed by atoms with Crippen LogP contribution < -0.4 is 0 Å². The van der Waals surface area contributed by atoms with Gasteiger partial charge in [-0.3, -0.25) is 0 Å². The molecule has 1 aromatic heterocycles. The molecule has 0 saturated heterocycles. The molecule has 0 spiro atoms. The summed E-state index contributed by atoms with van der Waals surface area (Å²) in [6.45, 7) is 6.47. The lowest BCUT2D eigenvalue weighted by atomic mass is 10.1. The molecule has 1 atom stereocenters.